The van der Waals surface area contributed by atoms with Crippen LogP contribution in [-0.4, -0.2) is 39.5 Å². The molecule has 0 amide bonds. The lowest BCUT2D eigenvalue weighted by Crippen LogP contribution is -2.30. The topological polar surface area (TPSA) is 70.4 Å². The van der Waals surface area contributed by atoms with E-state index in [-0.39, 0.29) is 4.90 Å². The van der Waals surface area contributed by atoms with Crippen LogP contribution in [0.15, 0.2) is 23.1 Å². The second-order valence-corrected chi connectivity index (χ2v) is 6.16. The van der Waals surface area contributed by atoms with E-state index in [4.69, 9.17) is 10.00 Å². The lowest BCUT2D eigenvalue weighted by atomic mass is 10.1. The van der Waals surface area contributed by atoms with Gasteiger partial charge in [0.05, 0.1) is 23.1 Å². The zero-order valence-corrected chi connectivity index (χ0v) is 12.2. The SMILES string of the molecule is CCOCCN(C)S(=O)(=O)c1ccc(C#N)c(C)c1. The number of nitrogens with zero attached hydrogens (tertiary/aromatic N) is 2. The van der Waals surface area contributed by atoms with Gasteiger partial charge in [0.2, 0.25) is 10.0 Å². The van der Waals surface area contributed by atoms with E-state index in [1.54, 1.807) is 6.92 Å². The van der Waals surface area contributed by atoms with Gasteiger partial charge in [-0.05, 0) is 37.6 Å². The number of benzene rings is 1. The van der Waals surface area contributed by atoms with Crippen LogP contribution in [0.1, 0.15) is 18.1 Å². The van der Waals surface area contributed by atoms with E-state index in [1.807, 2.05) is 13.0 Å². The number of hydrogen-bond acceptors (Lipinski definition) is 4. The Hall–Kier alpha value is -1.42. The Morgan fingerprint density at radius 3 is 2.63 bits per heavy atom. The number of likely N-dealkylation sites (N-methyl/N-ethyl adjacent to an activating group) is 1. The molecule has 0 radical (unpaired) electrons. The number of sulfonamides is 1. The van der Waals surface area contributed by atoms with Gasteiger partial charge in [-0.2, -0.15) is 9.57 Å². The van der Waals surface area contributed by atoms with Crippen LogP contribution in [0.25, 0.3) is 0 Å². The van der Waals surface area contributed by atoms with Crippen molar-refractivity contribution in [3.8, 4) is 6.07 Å². The molecule has 0 spiro atoms. The molecule has 0 aliphatic rings. The zero-order chi connectivity index (χ0) is 14.5. The molecular weight excluding hydrogens is 264 g/mol. The van der Waals surface area contributed by atoms with Crippen LogP contribution in [0.3, 0.4) is 0 Å². The van der Waals surface area contributed by atoms with Gasteiger partial charge in [0.1, 0.15) is 0 Å². The predicted octanol–water partition coefficient (Wildman–Crippen LogP) is 1.52. The molecule has 0 aliphatic carbocycles. The minimum atomic E-state index is -3.52. The molecule has 104 valence electrons. The summed E-state index contributed by atoms with van der Waals surface area (Å²) >= 11 is 0. The van der Waals surface area contributed by atoms with Crippen molar-refractivity contribution in [3.05, 3.63) is 29.3 Å². The fourth-order valence-corrected chi connectivity index (χ4v) is 2.80. The first kappa shape index (κ1) is 15.6. The Morgan fingerprint density at radius 2 is 2.11 bits per heavy atom. The van der Waals surface area contributed by atoms with Crippen LogP contribution < -0.4 is 0 Å². The average molecular weight is 282 g/mol. The average Bonchev–Trinajstić information content (AvgIpc) is 2.38. The first-order chi connectivity index (χ1) is 8.93. The van der Waals surface area contributed by atoms with E-state index in [0.717, 1.165) is 0 Å². The maximum Gasteiger partial charge on any atom is 0.242 e. The molecule has 0 saturated carbocycles. The van der Waals surface area contributed by atoms with Gasteiger partial charge in [-0.1, -0.05) is 0 Å². The molecule has 1 aromatic carbocycles. The molecule has 6 heteroatoms. The Morgan fingerprint density at radius 1 is 1.42 bits per heavy atom. The monoisotopic (exact) mass is 282 g/mol. The molecule has 0 aliphatic heterocycles. The summed E-state index contributed by atoms with van der Waals surface area (Å²) in [6.45, 7) is 4.80. The van der Waals surface area contributed by atoms with Gasteiger partial charge in [-0.25, -0.2) is 8.42 Å². The van der Waals surface area contributed by atoms with Crippen molar-refractivity contribution in [1.82, 2.24) is 4.31 Å². The van der Waals surface area contributed by atoms with Crippen LogP contribution in [0, 0.1) is 18.3 Å². The first-order valence-corrected chi connectivity index (χ1v) is 7.42. The molecule has 0 fully saturated rings. The largest absolute Gasteiger partial charge is 0.380 e. The third-order valence-electron chi connectivity index (χ3n) is 2.78. The maximum atomic E-state index is 12.3. The summed E-state index contributed by atoms with van der Waals surface area (Å²) in [5, 5.41) is 8.84. The Balaban J connectivity index is 2.94. The number of nitriles is 1. The summed E-state index contributed by atoms with van der Waals surface area (Å²) in [7, 11) is -2.01. The molecule has 0 saturated heterocycles. The normalized spacial score (nSPS) is 11.5. The van der Waals surface area contributed by atoms with Crippen molar-refractivity contribution in [2.24, 2.45) is 0 Å². The highest BCUT2D eigenvalue weighted by Gasteiger charge is 2.20. The molecule has 0 unspecified atom stereocenters. The van der Waals surface area contributed by atoms with Gasteiger partial charge >= 0.3 is 0 Å². The molecule has 0 heterocycles. The van der Waals surface area contributed by atoms with E-state index in [0.29, 0.717) is 30.9 Å². The van der Waals surface area contributed by atoms with Crippen LogP contribution in [-0.2, 0) is 14.8 Å². The summed E-state index contributed by atoms with van der Waals surface area (Å²) < 4.78 is 30.9. The summed E-state index contributed by atoms with van der Waals surface area (Å²) in [6.07, 6.45) is 0. The van der Waals surface area contributed by atoms with Gasteiger partial charge < -0.3 is 4.74 Å². The molecule has 5 nitrogen and oxygen atoms in total. The fraction of sp³-hybridized carbons (Fsp3) is 0.462. The minimum Gasteiger partial charge on any atom is -0.380 e. The number of ether oxygens (including phenoxy) is 1. The highest BCUT2D eigenvalue weighted by atomic mass is 32.2. The van der Waals surface area contributed by atoms with Crippen molar-refractivity contribution in [2.75, 3.05) is 26.8 Å². The zero-order valence-electron chi connectivity index (χ0n) is 11.4. The summed E-state index contributed by atoms with van der Waals surface area (Å²) in [5.41, 5.74) is 1.14. The van der Waals surface area contributed by atoms with Gasteiger partial charge in [0, 0.05) is 20.2 Å². The van der Waals surface area contributed by atoms with Gasteiger partial charge in [-0.15, -0.1) is 0 Å². The third-order valence-corrected chi connectivity index (χ3v) is 4.63. The number of hydrogen-bond donors (Lipinski definition) is 0. The fourth-order valence-electron chi connectivity index (χ4n) is 1.56. The summed E-state index contributed by atoms with van der Waals surface area (Å²) in [4.78, 5) is 0.197. The predicted molar refractivity (Wildman–Crippen MR) is 72.2 cm³/mol. The van der Waals surface area contributed by atoms with Crippen LogP contribution >= 0.6 is 0 Å². The molecule has 0 bridgehead atoms. The van der Waals surface area contributed by atoms with Gasteiger partial charge in [0.15, 0.2) is 0 Å². The van der Waals surface area contributed by atoms with Crippen LogP contribution in [0.5, 0.6) is 0 Å². The van der Waals surface area contributed by atoms with Crippen molar-refractivity contribution in [3.63, 3.8) is 0 Å². The first-order valence-electron chi connectivity index (χ1n) is 5.98. The molecule has 0 N–H and O–H groups in total. The molecule has 1 aromatic rings. The van der Waals surface area contributed by atoms with Gasteiger partial charge in [-0.3, -0.25) is 0 Å². The molecular formula is C13H18N2O3S. The van der Waals surface area contributed by atoms with Gasteiger partial charge in [0.25, 0.3) is 0 Å². The standard InChI is InChI=1S/C13H18N2O3S/c1-4-18-8-7-15(3)19(16,17)13-6-5-12(10-14)11(2)9-13/h5-6,9H,4,7-8H2,1-3H3. The Labute approximate surface area is 114 Å². The van der Waals surface area contributed by atoms with E-state index in [1.165, 1.54) is 29.6 Å². The van der Waals surface area contributed by atoms with Crippen LogP contribution in [0.4, 0.5) is 0 Å². The van der Waals surface area contributed by atoms with Crippen LogP contribution in [0.2, 0.25) is 0 Å². The van der Waals surface area contributed by atoms with Crippen molar-refractivity contribution >= 4 is 10.0 Å². The van der Waals surface area contributed by atoms with E-state index in [2.05, 4.69) is 0 Å². The van der Waals surface area contributed by atoms with Crippen molar-refractivity contribution in [2.45, 2.75) is 18.7 Å². The van der Waals surface area contributed by atoms with E-state index >= 15 is 0 Å². The minimum absolute atomic E-state index is 0.197. The van der Waals surface area contributed by atoms with E-state index < -0.39 is 10.0 Å². The number of aryl methyl sites for hydroxylation is 1. The quantitative estimate of drug-likeness (QED) is 0.742. The lowest BCUT2D eigenvalue weighted by Gasteiger charge is -2.17. The molecule has 0 aromatic heterocycles. The van der Waals surface area contributed by atoms with Crippen molar-refractivity contribution in [1.29, 1.82) is 5.26 Å². The van der Waals surface area contributed by atoms with Crippen molar-refractivity contribution < 1.29 is 13.2 Å². The summed E-state index contributed by atoms with van der Waals surface area (Å²) in [5.74, 6) is 0. The second-order valence-electron chi connectivity index (χ2n) is 4.11. The number of rotatable bonds is 6. The molecule has 19 heavy (non-hydrogen) atoms. The smallest absolute Gasteiger partial charge is 0.242 e. The Bertz CT molecular complexity index is 576. The summed E-state index contributed by atoms with van der Waals surface area (Å²) in [6, 6.07) is 6.52. The lowest BCUT2D eigenvalue weighted by molar-refractivity contribution is 0.138. The third kappa shape index (κ3) is 3.77. The molecule has 1 rings (SSSR count). The Kier molecular flexibility index (Phi) is 5.48. The highest BCUT2D eigenvalue weighted by molar-refractivity contribution is 7.89. The second kappa shape index (κ2) is 6.66. The molecule has 0 atom stereocenters. The van der Waals surface area contributed by atoms with E-state index in [9.17, 15) is 8.42 Å². The maximum absolute atomic E-state index is 12.3. The highest BCUT2D eigenvalue weighted by Crippen LogP contribution is 2.18.